The molecule has 0 spiro atoms. The average Bonchev–Trinajstić information content (AvgIpc) is 2.65. The van der Waals surface area contributed by atoms with Crippen molar-refractivity contribution in [3.05, 3.63) is 29.8 Å². The molecular weight excluding hydrogens is 370 g/mol. The van der Waals surface area contributed by atoms with Crippen molar-refractivity contribution in [1.29, 1.82) is 0 Å². The van der Waals surface area contributed by atoms with Crippen molar-refractivity contribution in [3.8, 4) is 0 Å². The second-order valence-electron chi connectivity index (χ2n) is 8.94. The van der Waals surface area contributed by atoms with Crippen molar-refractivity contribution >= 4 is 34.8 Å². The van der Waals surface area contributed by atoms with E-state index in [0.717, 1.165) is 43.4 Å². The first kappa shape index (κ1) is 19.4. The summed E-state index contributed by atoms with van der Waals surface area (Å²) < 4.78 is 0. The van der Waals surface area contributed by atoms with E-state index >= 15 is 0 Å². The first-order chi connectivity index (χ1) is 13.5. The number of amides is 2. The zero-order valence-electron chi connectivity index (χ0n) is 16.4. The number of nitrogens with one attached hydrogen (secondary N) is 3. The summed E-state index contributed by atoms with van der Waals surface area (Å²) in [5.41, 5.74) is 1.07. The smallest absolute Gasteiger partial charge is 0.251 e. The lowest BCUT2D eigenvalue weighted by Gasteiger charge is -2.55. The molecule has 0 aliphatic heterocycles. The first-order valence-electron chi connectivity index (χ1n) is 10.5. The fourth-order valence-electron chi connectivity index (χ4n) is 5.87. The summed E-state index contributed by atoms with van der Waals surface area (Å²) in [6, 6.07) is 7.19. The first-order valence-corrected chi connectivity index (χ1v) is 10.9. The van der Waals surface area contributed by atoms with Gasteiger partial charge in [0.2, 0.25) is 5.91 Å². The Morgan fingerprint density at radius 3 is 2.36 bits per heavy atom. The van der Waals surface area contributed by atoms with Gasteiger partial charge in [-0.1, -0.05) is 13.0 Å². The summed E-state index contributed by atoms with van der Waals surface area (Å²) in [6.45, 7) is 2.67. The Morgan fingerprint density at radius 2 is 1.75 bits per heavy atom. The summed E-state index contributed by atoms with van der Waals surface area (Å²) in [4.78, 5) is 25.2. The van der Waals surface area contributed by atoms with E-state index in [1.165, 1.54) is 19.3 Å². The SMILES string of the molecule is CCCNC(=O)c1cccc(NC(=S)NC(=O)C23CC4CC(CC(C4)C2)C3)c1. The molecule has 2 amide bonds. The average molecular weight is 400 g/mol. The molecule has 4 saturated carbocycles. The normalized spacial score (nSPS) is 30.0. The molecule has 0 unspecified atom stereocenters. The van der Waals surface area contributed by atoms with Gasteiger partial charge in [-0.15, -0.1) is 0 Å². The van der Waals surface area contributed by atoms with E-state index in [9.17, 15) is 9.59 Å². The minimum atomic E-state index is -0.220. The number of anilines is 1. The van der Waals surface area contributed by atoms with Gasteiger partial charge in [0.15, 0.2) is 5.11 Å². The molecule has 4 aliphatic rings. The number of hydrogen-bond acceptors (Lipinski definition) is 3. The molecule has 4 bridgehead atoms. The molecule has 0 aromatic heterocycles. The van der Waals surface area contributed by atoms with Gasteiger partial charge in [0.25, 0.3) is 5.91 Å². The van der Waals surface area contributed by atoms with Crippen molar-refractivity contribution in [2.75, 3.05) is 11.9 Å². The third kappa shape index (κ3) is 3.93. The van der Waals surface area contributed by atoms with Crippen molar-refractivity contribution < 1.29 is 9.59 Å². The minimum Gasteiger partial charge on any atom is -0.352 e. The highest BCUT2D eigenvalue weighted by molar-refractivity contribution is 7.80. The van der Waals surface area contributed by atoms with Crippen LogP contribution in [0.4, 0.5) is 5.69 Å². The number of rotatable bonds is 5. The monoisotopic (exact) mass is 399 g/mol. The van der Waals surface area contributed by atoms with Gasteiger partial charge in [0.05, 0.1) is 5.41 Å². The van der Waals surface area contributed by atoms with Crippen LogP contribution in [0.3, 0.4) is 0 Å². The Bertz CT molecular complexity index is 756. The maximum Gasteiger partial charge on any atom is 0.251 e. The van der Waals surface area contributed by atoms with Gasteiger partial charge in [-0.05, 0) is 93.1 Å². The Balaban J connectivity index is 1.37. The van der Waals surface area contributed by atoms with Crippen LogP contribution < -0.4 is 16.0 Å². The van der Waals surface area contributed by atoms with Gasteiger partial charge in [-0.3, -0.25) is 9.59 Å². The van der Waals surface area contributed by atoms with Crippen molar-refractivity contribution in [2.24, 2.45) is 23.2 Å². The Morgan fingerprint density at radius 1 is 1.11 bits per heavy atom. The lowest BCUT2D eigenvalue weighted by Crippen LogP contribution is -2.55. The molecule has 150 valence electrons. The van der Waals surface area contributed by atoms with E-state index in [0.29, 0.717) is 22.9 Å². The zero-order chi connectivity index (χ0) is 19.7. The topological polar surface area (TPSA) is 70.2 Å². The summed E-state index contributed by atoms with van der Waals surface area (Å²) in [5, 5.41) is 9.20. The van der Waals surface area contributed by atoms with E-state index in [4.69, 9.17) is 12.2 Å². The summed E-state index contributed by atoms with van der Waals surface area (Å²) >= 11 is 5.40. The molecule has 4 fully saturated rings. The summed E-state index contributed by atoms with van der Waals surface area (Å²) in [6.07, 6.45) is 7.86. The highest BCUT2D eigenvalue weighted by atomic mass is 32.1. The largest absolute Gasteiger partial charge is 0.352 e. The van der Waals surface area contributed by atoms with Crippen LogP contribution in [0.15, 0.2) is 24.3 Å². The van der Waals surface area contributed by atoms with Gasteiger partial charge in [-0.2, -0.15) is 0 Å². The van der Waals surface area contributed by atoms with Crippen LogP contribution >= 0.6 is 12.2 Å². The minimum absolute atomic E-state index is 0.0842. The van der Waals surface area contributed by atoms with E-state index in [-0.39, 0.29) is 17.2 Å². The van der Waals surface area contributed by atoms with Gasteiger partial charge in [0.1, 0.15) is 0 Å². The van der Waals surface area contributed by atoms with Crippen LogP contribution in [0.25, 0.3) is 0 Å². The summed E-state index contributed by atoms with van der Waals surface area (Å²) in [7, 11) is 0. The predicted octanol–water partition coefficient (Wildman–Crippen LogP) is 3.86. The van der Waals surface area contributed by atoms with Crippen LogP contribution in [0.1, 0.15) is 62.2 Å². The van der Waals surface area contributed by atoms with E-state index in [1.54, 1.807) is 12.1 Å². The van der Waals surface area contributed by atoms with Crippen LogP contribution in [-0.4, -0.2) is 23.5 Å². The van der Waals surface area contributed by atoms with Gasteiger partial charge >= 0.3 is 0 Å². The van der Waals surface area contributed by atoms with Gasteiger partial charge in [0, 0.05) is 17.8 Å². The van der Waals surface area contributed by atoms with Gasteiger partial charge < -0.3 is 16.0 Å². The molecule has 6 heteroatoms. The molecule has 0 atom stereocenters. The quantitative estimate of drug-likeness (QED) is 0.658. The third-order valence-corrected chi connectivity index (χ3v) is 6.87. The molecule has 5 nitrogen and oxygen atoms in total. The van der Waals surface area contributed by atoms with Crippen molar-refractivity contribution in [3.63, 3.8) is 0 Å². The number of hydrogen-bond donors (Lipinski definition) is 3. The highest BCUT2D eigenvalue weighted by Crippen LogP contribution is 2.60. The Hall–Kier alpha value is -1.95. The molecule has 1 aromatic rings. The number of carbonyl (C=O) groups excluding carboxylic acids is 2. The zero-order valence-corrected chi connectivity index (χ0v) is 17.2. The van der Waals surface area contributed by atoms with Crippen molar-refractivity contribution in [1.82, 2.24) is 10.6 Å². The van der Waals surface area contributed by atoms with E-state index in [1.807, 2.05) is 19.1 Å². The number of carbonyl (C=O) groups is 2. The van der Waals surface area contributed by atoms with Crippen LogP contribution in [0.5, 0.6) is 0 Å². The Kier molecular flexibility index (Phi) is 5.41. The molecule has 1 aromatic carbocycles. The fourth-order valence-corrected chi connectivity index (χ4v) is 6.08. The lowest BCUT2D eigenvalue weighted by atomic mass is 9.49. The fraction of sp³-hybridized carbons (Fsp3) is 0.591. The molecule has 0 saturated heterocycles. The van der Waals surface area contributed by atoms with Crippen LogP contribution in [-0.2, 0) is 4.79 Å². The third-order valence-electron chi connectivity index (χ3n) is 6.67. The molecule has 0 radical (unpaired) electrons. The lowest BCUT2D eigenvalue weighted by molar-refractivity contribution is -0.144. The second kappa shape index (κ2) is 7.82. The Labute approximate surface area is 172 Å². The second-order valence-corrected chi connectivity index (χ2v) is 9.35. The van der Waals surface area contributed by atoms with E-state index < -0.39 is 0 Å². The molecule has 28 heavy (non-hydrogen) atoms. The molecule has 4 aliphatic carbocycles. The maximum atomic E-state index is 13.1. The molecular formula is C22H29N3O2S. The predicted molar refractivity (Wildman–Crippen MR) is 114 cm³/mol. The number of benzene rings is 1. The summed E-state index contributed by atoms with van der Waals surface area (Å²) in [5.74, 6) is 2.14. The maximum absolute atomic E-state index is 13.1. The van der Waals surface area contributed by atoms with Gasteiger partial charge in [-0.25, -0.2) is 0 Å². The van der Waals surface area contributed by atoms with Crippen LogP contribution in [0.2, 0.25) is 0 Å². The van der Waals surface area contributed by atoms with Crippen molar-refractivity contribution in [2.45, 2.75) is 51.9 Å². The molecule has 5 rings (SSSR count). The van der Waals surface area contributed by atoms with Crippen LogP contribution in [0, 0.1) is 23.2 Å². The molecule has 3 N–H and O–H groups in total. The highest BCUT2D eigenvalue weighted by Gasteiger charge is 2.54. The number of thiocarbonyl (C=S) groups is 1. The standard InChI is InChI=1S/C22H29N3O2S/c1-2-6-23-19(26)17-4-3-5-18(10-17)24-21(28)25-20(27)22-11-14-7-15(12-22)9-16(8-14)13-22/h3-5,10,14-16H,2,6-9,11-13H2,1H3,(H,23,26)(H2,24,25,27,28). The molecule has 0 heterocycles. The van der Waals surface area contributed by atoms with E-state index in [2.05, 4.69) is 16.0 Å².